The smallest absolute Gasteiger partial charge is 0.109 e. The van der Waals surface area contributed by atoms with Crippen LogP contribution in [0.15, 0.2) is 4.42 Å². The molecule has 0 atom stereocenters. The molecule has 0 aliphatic carbocycles. The van der Waals surface area contributed by atoms with E-state index in [9.17, 15) is 0 Å². The van der Waals surface area contributed by atoms with Crippen molar-refractivity contribution in [2.45, 2.75) is 33.6 Å². The molecule has 0 aromatic carbocycles. The molecule has 0 amide bonds. The lowest BCUT2D eigenvalue weighted by Crippen LogP contribution is -1.80. The lowest BCUT2D eigenvalue weighted by molar-refractivity contribution is 0.500. The van der Waals surface area contributed by atoms with E-state index in [2.05, 4.69) is 13.0 Å². The van der Waals surface area contributed by atoms with Crippen LogP contribution < -0.4 is 0 Å². The Bertz CT molecular complexity index is 211. The van der Waals surface area contributed by atoms with Crippen LogP contribution in [0.1, 0.15) is 30.4 Å². The van der Waals surface area contributed by atoms with Gasteiger partial charge in [0, 0.05) is 11.6 Å². The van der Waals surface area contributed by atoms with E-state index in [4.69, 9.17) is 4.42 Å². The third-order valence-corrected chi connectivity index (χ3v) is 1.56. The normalized spacial score (nSPS) is 10.3. The molecule has 1 rings (SSSR count). The average molecular weight is 137 g/mol. The van der Waals surface area contributed by atoms with Crippen molar-refractivity contribution in [1.29, 1.82) is 0 Å². The standard InChI is InChI=1S/C9H13O/c1-4-5-9-6-7(2)10-8(9)3/h4-5H2,1-3H3. The summed E-state index contributed by atoms with van der Waals surface area (Å²) < 4.78 is 5.31. The first-order valence-corrected chi connectivity index (χ1v) is 3.72. The fourth-order valence-electron chi connectivity index (χ4n) is 1.11. The van der Waals surface area contributed by atoms with E-state index < -0.39 is 0 Å². The molecule has 0 aliphatic rings. The largest absolute Gasteiger partial charge is 0.466 e. The van der Waals surface area contributed by atoms with E-state index in [1.54, 1.807) is 0 Å². The molecule has 0 aliphatic heterocycles. The van der Waals surface area contributed by atoms with Crippen molar-refractivity contribution in [3.05, 3.63) is 23.2 Å². The van der Waals surface area contributed by atoms with E-state index in [1.165, 1.54) is 5.56 Å². The monoisotopic (exact) mass is 137 g/mol. The number of rotatable bonds is 2. The van der Waals surface area contributed by atoms with Gasteiger partial charge in [-0.1, -0.05) is 13.3 Å². The fourth-order valence-corrected chi connectivity index (χ4v) is 1.11. The summed E-state index contributed by atoms with van der Waals surface area (Å²) in [6.07, 6.45) is 2.25. The Hall–Kier alpha value is -0.720. The van der Waals surface area contributed by atoms with Crippen LogP contribution in [0.5, 0.6) is 0 Å². The summed E-state index contributed by atoms with van der Waals surface area (Å²) in [6.45, 7) is 6.09. The van der Waals surface area contributed by atoms with E-state index >= 15 is 0 Å². The van der Waals surface area contributed by atoms with Gasteiger partial charge in [-0.25, -0.2) is 0 Å². The van der Waals surface area contributed by atoms with Gasteiger partial charge in [0.05, 0.1) is 0 Å². The average Bonchev–Trinajstić information content (AvgIpc) is 2.13. The SMILES string of the molecule is CCCc1[c]c(C)oc1C. The predicted molar refractivity (Wildman–Crippen MR) is 41.0 cm³/mol. The van der Waals surface area contributed by atoms with Crippen LogP contribution in [-0.4, -0.2) is 0 Å². The van der Waals surface area contributed by atoms with Gasteiger partial charge in [0.15, 0.2) is 0 Å². The maximum atomic E-state index is 5.31. The molecule has 0 N–H and O–H groups in total. The van der Waals surface area contributed by atoms with Crippen LogP contribution in [-0.2, 0) is 6.42 Å². The minimum absolute atomic E-state index is 0.904. The molecular formula is C9H13O. The van der Waals surface area contributed by atoms with Gasteiger partial charge in [-0.3, -0.25) is 0 Å². The number of aryl methyl sites for hydroxylation is 3. The van der Waals surface area contributed by atoms with Crippen molar-refractivity contribution in [3.63, 3.8) is 0 Å². The zero-order chi connectivity index (χ0) is 7.56. The van der Waals surface area contributed by atoms with Crippen LogP contribution in [0.4, 0.5) is 0 Å². The molecule has 0 saturated heterocycles. The number of hydrogen-bond acceptors (Lipinski definition) is 1. The second kappa shape index (κ2) is 2.91. The summed E-state index contributed by atoms with van der Waals surface area (Å²) in [5, 5.41) is 0. The summed E-state index contributed by atoms with van der Waals surface area (Å²) in [4.78, 5) is 0. The Morgan fingerprint density at radius 1 is 1.40 bits per heavy atom. The van der Waals surface area contributed by atoms with Gasteiger partial charge < -0.3 is 4.42 Å². The Balaban J connectivity index is 2.81. The van der Waals surface area contributed by atoms with Gasteiger partial charge in [-0.2, -0.15) is 0 Å². The van der Waals surface area contributed by atoms with Crippen LogP contribution >= 0.6 is 0 Å². The van der Waals surface area contributed by atoms with Crippen LogP contribution in [0.25, 0.3) is 0 Å². The molecule has 55 valence electrons. The maximum Gasteiger partial charge on any atom is 0.109 e. The van der Waals surface area contributed by atoms with Crippen LogP contribution in [0.3, 0.4) is 0 Å². The third-order valence-electron chi connectivity index (χ3n) is 1.56. The van der Waals surface area contributed by atoms with Crippen molar-refractivity contribution in [2.75, 3.05) is 0 Å². The topological polar surface area (TPSA) is 13.1 Å². The minimum atomic E-state index is 0.904. The molecular weight excluding hydrogens is 124 g/mol. The van der Waals surface area contributed by atoms with Crippen LogP contribution in [0, 0.1) is 19.9 Å². The van der Waals surface area contributed by atoms with Crippen LogP contribution in [0.2, 0.25) is 0 Å². The molecule has 1 aromatic heterocycles. The Morgan fingerprint density at radius 2 is 2.10 bits per heavy atom. The van der Waals surface area contributed by atoms with Crippen molar-refractivity contribution in [2.24, 2.45) is 0 Å². The van der Waals surface area contributed by atoms with Gasteiger partial charge >= 0.3 is 0 Å². The van der Waals surface area contributed by atoms with Crippen molar-refractivity contribution in [3.8, 4) is 0 Å². The Morgan fingerprint density at radius 3 is 2.50 bits per heavy atom. The second-order valence-electron chi connectivity index (χ2n) is 2.57. The summed E-state index contributed by atoms with van der Waals surface area (Å²) in [5.41, 5.74) is 1.24. The predicted octanol–water partition coefficient (Wildman–Crippen LogP) is 2.65. The molecule has 0 fully saturated rings. The fraction of sp³-hybridized carbons (Fsp3) is 0.556. The first-order valence-electron chi connectivity index (χ1n) is 3.72. The number of furan rings is 1. The summed E-state index contributed by atoms with van der Waals surface area (Å²) in [5.74, 6) is 1.93. The van der Waals surface area contributed by atoms with E-state index in [1.807, 2.05) is 13.8 Å². The van der Waals surface area contributed by atoms with Crippen molar-refractivity contribution >= 4 is 0 Å². The van der Waals surface area contributed by atoms with Gasteiger partial charge in [0.2, 0.25) is 0 Å². The summed E-state index contributed by atoms with van der Waals surface area (Å²) >= 11 is 0. The molecule has 1 heteroatoms. The molecule has 1 heterocycles. The lowest BCUT2D eigenvalue weighted by Gasteiger charge is -1.90. The first-order chi connectivity index (χ1) is 4.74. The van der Waals surface area contributed by atoms with Gasteiger partial charge in [0.1, 0.15) is 11.5 Å². The molecule has 0 spiro atoms. The van der Waals surface area contributed by atoms with E-state index in [0.29, 0.717) is 0 Å². The summed E-state index contributed by atoms with van der Waals surface area (Å²) in [6, 6.07) is 3.18. The molecule has 1 aromatic rings. The van der Waals surface area contributed by atoms with Gasteiger partial charge in [0.25, 0.3) is 0 Å². The Kier molecular flexibility index (Phi) is 2.15. The summed E-state index contributed by atoms with van der Waals surface area (Å²) in [7, 11) is 0. The van der Waals surface area contributed by atoms with Gasteiger partial charge in [-0.15, -0.1) is 0 Å². The lowest BCUT2D eigenvalue weighted by atomic mass is 10.1. The Labute approximate surface area is 62.1 Å². The zero-order valence-electron chi connectivity index (χ0n) is 6.82. The van der Waals surface area contributed by atoms with Crippen molar-refractivity contribution < 1.29 is 4.42 Å². The molecule has 10 heavy (non-hydrogen) atoms. The highest BCUT2D eigenvalue weighted by molar-refractivity contribution is 5.18. The zero-order valence-corrected chi connectivity index (χ0v) is 6.82. The second-order valence-corrected chi connectivity index (χ2v) is 2.57. The highest BCUT2D eigenvalue weighted by atomic mass is 16.3. The highest BCUT2D eigenvalue weighted by Crippen LogP contribution is 2.13. The van der Waals surface area contributed by atoms with Gasteiger partial charge in [-0.05, 0) is 20.3 Å². The first kappa shape index (κ1) is 7.39. The molecule has 0 unspecified atom stereocenters. The molecule has 0 bridgehead atoms. The number of hydrogen-bond donors (Lipinski definition) is 0. The molecule has 1 nitrogen and oxygen atoms in total. The quantitative estimate of drug-likeness (QED) is 0.610. The minimum Gasteiger partial charge on any atom is -0.466 e. The third kappa shape index (κ3) is 1.41. The highest BCUT2D eigenvalue weighted by Gasteiger charge is 2.02. The maximum absolute atomic E-state index is 5.31. The van der Waals surface area contributed by atoms with E-state index in [0.717, 1.165) is 24.4 Å². The van der Waals surface area contributed by atoms with E-state index in [-0.39, 0.29) is 0 Å². The van der Waals surface area contributed by atoms with Crippen molar-refractivity contribution in [1.82, 2.24) is 0 Å². The molecule has 1 radical (unpaired) electrons. The molecule has 0 saturated carbocycles.